The Morgan fingerprint density at radius 3 is 2.67 bits per heavy atom. The van der Waals surface area contributed by atoms with Gasteiger partial charge in [0.2, 0.25) is 0 Å². The molecule has 0 saturated heterocycles. The molecule has 0 radical (unpaired) electrons. The second-order valence-electron chi connectivity index (χ2n) is 4.92. The number of nitrogens with one attached hydrogen (secondary N) is 1. The van der Waals surface area contributed by atoms with Crippen molar-refractivity contribution in [2.45, 2.75) is 44.2 Å². The Bertz CT molecular complexity index is 391. The quantitative estimate of drug-likeness (QED) is 0.879. The summed E-state index contributed by atoms with van der Waals surface area (Å²) in [5.74, 6) is 0. The predicted molar refractivity (Wildman–Crippen MR) is 76.3 cm³/mol. The molecule has 100 valence electrons. The van der Waals surface area contributed by atoms with Crippen LogP contribution in [0.1, 0.15) is 43.8 Å². The van der Waals surface area contributed by atoms with Crippen LogP contribution in [0.2, 0.25) is 10.0 Å². The highest BCUT2D eigenvalue weighted by molar-refractivity contribution is 6.33. The Balaban J connectivity index is 1.90. The molecule has 0 aromatic heterocycles. The Kier molecular flexibility index (Phi) is 5.31. The molecule has 1 atom stereocenters. The van der Waals surface area contributed by atoms with Crippen molar-refractivity contribution in [3.05, 3.63) is 33.8 Å². The fourth-order valence-corrected chi connectivity index (χ4v) is 2.89. The fraction of sp³-hybridized carbons (Fsp3) is 0.571. The highest BCUT2D eigenvalue weighted by Gasteiger charge is 2.16. The van der Waals surface area contributed by atoms with Gasteiger partial charge in [-0.25, -0.2) is 0 Å². The summed E-state index contributed by atoms with van der Waals surface area (Å²) in [7, 11) is 0. The van der Waals surface area contributed by atoms with Gasteiger partial charge < -0.3 is 10.4 Å². The molecule has 1 aliphatic carbocycles. The Labute approximate surface area is 118 Å². The molecule has 2 nitrogen and oxygen atoms in total. The lowest BCUT2D eigenvalue weighted by atomic mass is 9.95. The number of benzene rings is 1. The minimum Gasteiger partial charge on any atom is -0.387 e. The van der Waals surface area contributed by atoms with Gasteiger partial charge in [0.15, 0.2) is 0 Å². The van der Waals surface area contributed by atoms with E-state index in [1.165, 1.54) is 32.1 Å². The molecule has 2 N–H and O–H groups in total. The van der Waals surface area contributed by atoms with Crippen LogP contribution in [-0.2, 0) is 0 Å². The van der Waals surface area contributed by atoms with Crippen molar-refractivity contribution in [2.24, 2.45) is 0 Å². The molecule has 1 aromatic rings. The van der Waals surface area contributed by atoms with E-state index in [0.717, 1.165) is 0 Å². The normalized spacial score (nSPS) is 18.8. The van der Waals surface area contributed by atoms with Crippen molar-refractivity contribution in [3.63, 3.8) is 0 Å². The predicted octanol–water partition coefficient (Wildman–Crippen LogP) is 3.95. The van der Waals surface area contributed by atoms with Crippen molar-refractivity contribution < 1.29 is 5.11 Å². The summed E-state index contributed by atoms with van der Waals surface area (Å²) in [4.78, 5) is 0. The lowest BCUT2D eigenvalue weighted by Gasteiger charge is -2.24. The SMILES string of the molecule is OC(CNC1CCCCC1)c1cc(Cl)ccc1Cl. The summed E-state index contributed by atoms with van der Waals surface area (Å²) in [5.41, 5.74) is 0.701. The van der Waals surface area contributed by atoms with Crippen LogP contribution < -0.4 is 5.32 Å². The van der Waals surface area contributed by atoms with Gasteiger partial charge in [0.25, 0.3) is 0 Å². The standard InChI is InChI=1S/C14H19Cl2NO/c15-10-6-7-13(16)12(8-10)14(18)9-17-11-4-2-1-3-5-11/h6-8,11,14,17-18H,1-5,9H2. The molecule has 0 bridgehead atoms. The van der Waals surface area contributed by atoms with Gasteiger partial charge in [0.05, 0.1) is 6.10 Å². The summed E-state index contributed by atoms with van der Waals surface area (Å²) in [6, 6.07) is 5.72. The van der Waals surface area contributed by atoms with Crippen molar-refractivity contribution in [1.29, 1.82) is 0 Å². The molecule has 2 rings (SSSR count). The maximum atomic E-state index is 10.2. The number of hydrogen-bond acceptors (Lipinski definition) is 2. The van der Waals surface area contributed by atoms with Crippen molar-refractivity contribution in [1.82, 2.24) is 5.32 Å². The van der Waals surface area contributed by atoms with Crippen LogP contribution in [0.5, 0.6) is 0 Å². The van der Waals surface area contributed by atoms with E-state index in [9.17, 15) is 5.11 Å². The topological polar surface area (TPSA) is 32.3 Å². The van der Waals surface area contributed by atoms with Crippen LogP contribution in [0, 0.1) is 0 Å². The molecule has 0 aliphatic heterocycles. The third kappa shape index (κ3) is 3.86. The first-order valence-electron chi connectivity index (χ1n) is 6.53. The summed E-state index contributed by atoms with van der Waals surface area (Å²) in [6.45, 7) is 0.532. The average molecular weight is 288 g/mol. The zero-order valence-corrected chi connectivity index (χ0v) is 11.8. The lowest BCUT2D eigenvalue weighted by Crippen LogP contribution is -2.34. The zero-order valence-electron chi connectivity index (χ0n) is 10.3. The number of aliphatic hydroxyl groups excluding tert-OH is 1. The van der Waals surface area contributed by atoms with Gasteiger partial charge >= 0.3 is 0 Å². The fourth-order valence-electron chi connectivity index (χ4n) is 2.46. The molecule has 1 fully saturated rings. The molecular formula is C14H19Cl2NO. The first-order valence-corrected chi connectivity index (χ1v) is 7.29. The van der Waals surface area contributed by atoms with Crippen molar-refractivity contribution in [3.8, 4) is 0 Å². The third-order valence-corrected chi connectivity index (χ3v) is 4.10. The summed E-state index contributed by atoms with van der Waals surface area (Å²) in [5, 5.41) is 14.7. The molecule has 1 aromatic carbocycles. The summed E-state index contributed by atoms with van der Waals surface area (Å²) >= 11 is 12.0. The minimum absolute atomic E-state index is 0.532. The number of rotatable bonds is 4. The Morgan fingerprint density at radius 2 is 1.94 bits per heavy atom. The number of hydrogen-bond donors (Lipinski definition) is 2. The maximum Gasteiger partial charge on any atom is 0.0929 e. The van der Waals surface area contributed by atoms with Gasteiger partial charge in [-0.1, -0.05) is 42.5 Å². The van der Waals surface area contributed by atoms with Crippen molar-refractivity contribution in [2.75, 3.05) is 6.54 Å². The number of aliphatic hydroxyl groups is 1. The highest BCUT2D eigenvalue weighted by Crippen LogP contribution is 2.26. The van der Waals surface area contributed by atoms with Crippen LogP contribution >= 0.6 is 23.2 Å². The maximum absolute atomic E-state index is 10.2. The molecule has 0 spiro atoms. The molecule has 0 amide bonds. The summed E-state index contributed by atoms with van der Waals surface area (Å²) < 4.78 is 0. The second kappa shape index (κ2) is 6.76. The molecule has 1 saturated carbocycles. The van der Waals surface area contributed by atoms with Gasteiger partial charge in [-0.3, -0.25) is 0 Å². The van der Waals surface area contributed by atoms with E-state index in [2.05, 4.69) is 5.32 Å². The third-order valence-electron chi connectivity index (χ3n) is 3.52. The Hall–Kier alpha value is -0.280. The van der Waals surface area contributed by atoms with Gasteiger partial charge in [0.1, 0.15) is 0 Å². The molecule has 1 aliphatic rings. The van der Waals surface area contributed by atoms with E-state index < -0.39 is 6.10 Å². The largest absolute Gasteiger partial charge is 0.387 e. The van der Waals surface area contributed by atoms with Gasteiger partial charge in [-0.05, 0) is 31.0 Å². The van der Waals surface area contributed by atoms with Crippen LogP contribution in [-0.4, -0.2) is 17.7 Å². The van der Waals surface area contributed by atoms with Gasteiger partial charge in [0, 0.05) is 28.2 Å². The van der Waals surface area contributed by atoms with E-state index in [1.54, 1.807) is 18.2 Å². The first-order chi connectivity index (χ1) is 8.66. The average Bonchev–Trinajstić information content (AvgIpc) is 2.40. The van der Waals surface area contributed by atoms with E-state index in [1.807, 2.05) is 0 Å². The first kappa shape index (κ1) is 14.1. The zero-order chi connectivity index (χ0) is 13.0. The van der Waals surface area contributed by atoms with Crippen LogP contribution in [0.3, 0.4) is 0 Å². The number of halogens is 2. The monoisotopic (exact) mass is 287 g/mol. The van der Waals surface area contributed by atoms with E-state index in [-0.39, 0.29) is 0 Å². The molecule has 18 heavy (non-hydrogen) atoms. The molecule has 0 heterocycles. The Morgan fingerprint density at radius 1 is 1.22 bits per heavy atom. The van der Waals surface area contributed by atoms with Gasteiger partial charge in [-0.15, -0.1) is 0 Å². The second-order valence-corrected chi connectivity index (χ2v) is 5.77. The van der Waals surface area contributed by atoms with E-state index in [4.69, 9.17) is 23.2 Å². The van der Waals surface area contributed by atoms with Crippen LogP contribution in [0.15, 0.2) is 18.2 Å². The van der Waals surface area contributed by atoms with Crippen molar-refractivity contribution >= 4 is 23.2 Å². The van der Waals surface area contributed by atoms with Gasteiger partial charge in [-0.2, -0.15) is 0 Å². The van der Waals surface area contributed by atoms with Crippen LogP contribution in [0.25, 0.3) is 0 Å². The molecule has 4 heteroatoms. The lowest BCUT2D eigenvalue weighted by molar-refractivity contribution is 0.165. The molecule has 1 unspecified atom stereocenters. The molecular weight excluding hydrogens is 269 g/mol. The minimum atomic E-state index is -0.599. The summed E-state index contributed by atoms with van der Waals surface area (Å²) in [6.07, 6.45) is 5.71. The van der Waals surface area contributed by atoms with Crippen LogP contribution in [0.4, 0.5) is 0 Å². The smallest absolute Gasteiger partial charge is 0.0929 e. The van der Waals surface area contributed by atoms with E-state index >= 15 is 0 Å². The highest BCUT2D eigenvalue weighted by atomic mass is 35.5. The van der Waals surface area contributed by atoms with E-state index in [0.29, 0.717) is 28.2 Å².